The van der Waals surface area contributed by atoms with Crippen LogP contribution in [0.3, 0.4) is 0 Å². The Morgan fingerprint density at radius 3 is 2.32 bits per heavy atom. The maximum atomic E-state index is 11.3. The molecule has 0 heterocycles. The molecule has 1 aromatic carbocycles. The molecule has 5 nitrogen and oxygen atoms in total. The summed E-state index contributed by atoms with van der Waals surface area (Å²) in [4.78, 5) is 11.2. The molecule has 2 atom stereocenters. The standard InChI is InChI=1S/C13H17NO4S/c1-7-6-8(19(14,17)18)4-5-9(7)10-11(12(15)16)13(10,2)3/h4-6,10-11H,1-3H3,(H,15,16)(H2,14,17,18)/t10-,11+/m1/s1. The third kappa shape index (κ3) is 2.26. The number of hydrogen-bond acceptors (Lipinski definition) is 3. The van der Waals surface area contributed by atoms with Crippen LogP contribution in [0.15, 0.2) is 23.1 Å². The van der Waals surface area contributed by atoms with Crippen LogP contribution >= 0.6 is 0 Å². The smallest absolute Gasteiger partial charge is 0.307 e. The van der Waals surface area contributed by atoms with Crippen molar-refractivity contribution in [2.24, 2.45) is 16.5 Å². The van der Waals surface area contributed by atoms with Crippen LogP contribution in [0.5, 0.6) is 0 Å². The molecule has 1 saturated carbocycles. The fraction of sp³-hybridized carbons (Fsp3) is 0.462. The number of aliphatic carboxylic acids is 1. The van der Waals surface area contributed by atoms with Gasteiger partial charge in [0, 0.05) is 5.92 Å². The minimum absolute atomic E-state index is 0.0547. The Kier molecular flexibility index (Phi) is 2.98. The van der Waals surface area contributed by atoms with E-state index in [2.05, 4.69) is 0 Å². The molecule has 0 aromatic heterocycles. The third-order valence-electron chi connectivity index (χ3n) is 4.00. The number of carboxylic acids is 1. The fourth-order valence-electron chi connectivity index (χ4n) is 2.85. The van der Waals surface area contributed by atoms with Crippen molar-refractivity contribution in [1.82, 2.24) is 0 Å². The number of aryl methyl sites for hydroxylation is 1. The first-order valence-corrected chi connectivity index (χ1v) is 7.47. The van der Waals surface area contributed by atoms with Crippen LogP contribution in [-0.4, -0.2) is 19.5 Å². The van der Waals surface area contributed by atoms with E-state index in [4.69, 9.17) is 5.14 Å². The van der Waals surface area contributed by atoms with Gasteiger partial charge in [-0.1, -0.05) is 19.9 Å². The minimum Gasteiger partial charge on any atom is -0.481 e. The Balaban J connectivity index is 2.42. The monoisotopic (exact) mass is 283 g/mol. The second-order valence-corrected chi connectivity index (χ2v) is 7.24. The summed E-state index contributed by atoms with van der Waals surface area (Å²) in [6, 6.07) is 4.60. The summed E-state index contributed by atoms with van der Waals surface area (Å²) in [6.07, 6.45) is 0. The zero-order valence-corrected chi connectivity index (χ0v) is 11.9. The average Bonchev–Trinajstić information content (AvgIpc) is 2.80. The number of carboxylic acid groups (broad SMARTS) is 1. The maximum Gasteiger partial charge on any atom is 0.307 e. The van der Waals surface area contributed by atoms with Crippen LogP contribution in [0.4, 0.5) is 0 Å². The van der Waals surface area contributed by atoms with E-state index >= 15 is 0 Å². The number of benzene rings is 1. The van der Waals surface area contributed by atoms with E-state index in [1.807, 2.05) is 13.8 Å². The predicted molar refractivity (Wildman–Crippen MR) is 70.2 cm³/mol. The summed E-state index contributed by atoms with van der Waals surface area (Å²) >= 11 is 0. The second kappa shape index (κ2) is 4.05. The highest BCUT2D eigenvalue weighted by molar-refractivity contribution is 7.89. The number of nitrogens with two attached hydrogens (primary N) is 1. The summed E-state index contributed by atoms with van der Waals surface area (Å²) < 4.78 is 22.5. The van der Waals surface area contributed by atoms with Crippen molar-refractivity contribution in [1.29, 1.82) is 0 Å². The first kappa shape index (κ1) is 14.0. The van der Waals surface area contributed by atoms with Gasteiger partial charge >= 0.3 is 5.97 Å². The molecule has 1 fully saturated rings. The molecule has 0 saturated heterocycles. The molecule has 0 unspecified atom stereocenters. The van der Waals surface area contributed by atoms with Gasteiger partial charge in [-0.25, -0.2) is 13.6 Å². The molecule has 0 amide bonds. The topological polar surface area (TPSA) is 97.5 Å². The zero-order chi connectivity index (χ0) is 14.6. The van der Waals surface area contributed by atoms with Crippen molar-refractivity contribution in [2.45, 2.75) is 31.6 Å². The first-order valence-electron chi connectivity index (χ1n) is 5.93. The van der Waals surface area contributed by atoms with E-state index in [-0.39, 0.29) is 16.2 Å². The van der Waals surface area contributed by atoms with Gasteiger partial charge in [0.15, 0.2) is 0 Å². The number of hydrogen-bond donors (Lipinski definition) is 2. The first-order chi connectivity index (χ1) is 8.56. The number of rotatable bonds is 3. The van der Waals surface area contributed by atoms with Crippen molar-refractivity contribution in [2.75, 3.05) is 0 Å². The molecular formula is C13H17NO4S. The summed E-state index contributed by atoms with van der Waals surface area (Å²) in [5.41, 5.74) is 1.33. The molecule has 19 heavy (non-hydrogen) atoms. The van der Waals surface area contributed by atoms with Gasteiger partial charge in [0.1, 0.15) is 0 Å². The molecule has 1 aliphatic carbocycles. The van der Waals surface area contributed by atoms with Gasteiger partial charge in [-0.3, -0.25) is 4.79 Å². The Morgan fingerprint density at radius 2 is 1.95 bits per heavy atom. The van der Waals surface area contributed by atoms with Gasteiger partial charge in [-0.2, -0.15) is 0 Å². The van der Waals surface area contributed by atoms with Crippen molar-refractivity contribution < 1.29 is 18.3 Å². The highest BCUT2D eigenvalue weighted by Crippen LogP contribution is 2.64. The summed E-state index contributed by atoms with van der Waals surface area (Å²) in [5.74, 6) is -1.32. The van der Waals surface area contributed by atoms with Crippen molar-refractivity contribution in [3.05, 3.63) is 29.3 Å². The van der Waals surface area contributed by atoms with E-state index in [0.717, 1.165) is 11.1 Å². The molecule has 0 radical (unpaired) electrons. The minimum atomic E-state index is -3.72. The average molecular weight is 283 g/mol. The van der Waals surface area contributed by atoms with E-state index in [1.165, 1.54) is 12.1 Å². The predicted octanol–water partition coefficient (Wildman–Crippen LogP) is 1.47. The third-order valence-corrected chi connectivity index (χ3v) is 4.91. The number of sulfonamides is 1. The molecule has 0 aliphatic heterocycles. The molecule has 1 aliphatic rings. The molecule has 2 rings (SSSR count). The lowest BCUT2D eigenvalue weighted by Crippen LogP contribution is -2.12. The van der Waals surface area contributed by atoms with Gasteiger partial charge in [0.05, 0.1) is 10.8 Å². The molecule has 1 aromatic rings. The highest BCUT2D eigenvalue weighted by atomic mass is 32.2. The van der Waals surface area contributed by atoms with Crippen molar-refractivity contribution >= 4 is 16.0 Å². The largest absolute Gasteiger partial charge is 0.481 e. The Hall–Kier alpha value is -1.40. The zero-order valence-electron chi connectivity index (χ0n) is 11.0. The summed E-state index contributed by atoms with van der Waals surface area (Å²) in [5, 5.41) is 14.3. The van der Waals surface area contributed by atoms with E-state index in [1.54, 1.807) is 13.0 Å². The molecule has 104 valence electrons. The van der Waals surface area contributed by atoms with Gasteiger partial charge in [0.25, 0.3) is 0 Å². The Morgan fingerprint density at radius 1 is 1.37 bits per heavy atom. The molecule has 6 heteroatoms. The second-order valence-electron chi connectivity index (χ2n) is 5.68. The lowest BCUT2D eigenvalue weighted by atomic mass is 9.99. The van der Waals surface area contributed by atoms with Crippen molar-refractivity contribution in [3.8, 4) is 0 Å². The van der Waals surface area contributed by atoms with Crippen LogP contribution in [0.1, 0.15) is 30.9 Å². The van der Waals surface area contributed by atoms with Crippen LogP contribution < -0.4 is 5.14 Å². The van der Waals surface area contributed by atoms with Crippen LogP contribution in [0.25, 0.3) is 0 Å². The van der Waals surface area contributed by atoms with E-state index < -0.39 is 21.9 Å². The molecular weight excluding hydrogens is 266 g/mol. The molecule has 0 bridgehead atoms. The summed E-state index contributed by atoms with van der Waals surface area (Å²) in [6.45, 7) is 5.59. The van der Waals surface area contributed by atoms with E-state index in [0.29, 0.717) is 0 Å². The Bertz CT molecular complexity index is 649. The molecule has 0 spiro atoms. The lowest BCUT2D eigenvalue weighted by molar-refractivity contribution is -0.139. The van der Waals surface area contributed by atoms with Gasteiger partial charge in [0.2, 0.25) is 10.0 Å². The quantitative estimate of drug-likeness (QED) is 0.877. The van der Waals surface area contributed by atoms with Crippen LogP contribution in [0.2, 0.25) is 0 Å². The maximum absolute atomic E-state index is 11.3. The van der Waals surface area contributed by atoms with Crippen LogP contribution in [0, 0.1) is 18.3 Å². The number of primary sulfonamides is 1. The lowest BCUT2D eigenvalue weighted by Gasteiger charge is -2.08. The Labute approximate surface area is 112 Å². The molecule has 3 N–H and O–H groups in total. The SMILES string of the molecule is Cc1cc(S(N)(=O)=O)ccc1[C@@H]1[C@@H](C(=O)O)C1(C)C. The number of carbonyl (C=O) groups is 1. The van der Waals surface area contributed by atoms with Crippen molar-refractivity contribution in [3.63, 3.8) is 0 Å². The normalized spacial score (nSPS) is 25.1. The highest BCUT2D eigenvalue weighted by Gasteiger charge is 2.62. The summed E-state index contributed by atoms with van der Waals surface area (Å²) in [7, 11) is -3.72. The van der Waals surface area contributed by atoms with Gasteiger partial charge < -0.3 is 5.11 Å². The fourth-order valence-corrected chi connectivity index (χ4v) is 3.45. The van der Waals surface area contributed by atoms with Crippen LogP contribution in [-0.2, 0) is 14.8 Å². The van der Waals surface area contributed by atoms with E-state index in [9.17, 15) is 18.3 Å². The van der Waals surface area contributed by atoms with Gasteiger partial charge in [-0.15, -0.1) is 0 Å². The van der Waals surface area contributed by atoms with Gasteiger partial charge in [-0.05, 0) is 35.6 Å².